The Morgan fingerprint density at radius 2 is 2.12 bits per heavy atom. The van der Waals surface area contributed by atoms with E-state index in [-0.39, 0.29) is 6.04 Å². The van der Waals surface area contributed by atoms with Crippen molar-refractivity contribution in [1.82, 2.24) is 9.55 Å². The Morgan fingerprint density at radius 1 is 1.35 bits per heavy atom. The second kappa shape index (κ2) is 7.96. The van der Waals surface area contributed by atoms with Gasteiger partial charge in [0.25, 0.3) is 0 Å². The van der Waals surface area contributed by atoms with Crippen molar-refractivity contribution in [3.8, 4) is 10.6 Å². The number of nitrogens with one attached hydrogen (secondary N) is 1. The molecule has 0 radical (unpaired) electrons. The standard InChI is InChI=1S/C18H16Cl2N2O2S2/c1-3-13(10-6-7-11(19)12(20)9-10)22-16(17(23)24-2)15(21-18(22)25)14-5-4-8-26-14/h4-9,13H,3H2,1-2H3,(H,21,25). The van der Waals surface area contributed by atoms with Crippen LogP contribution < -0.4 is 0 Å². The van der Waals surface area contributed by atoms with Gasteiger partial charge < -0.3 is 14.3 Å². The Bertz CT molecular complexity index is 993. The van der Waals surface area contributed by atoms with Crippen molar-refractivity contribution in [3.63, 3.8) is 0 Å². The number of methoxy groups -OCH3 is 1. The van der Waals surface area contributed by atoms with Crippen LogP contribution in [0.5, 0.6) is 0 Å². The predicted molar refractivity (Wildman–Crippen MR) is 109 cm³/mol. The number of imidazole rings is 1. The summed E-state index contributed by atoms with van der Waals surface area (Å²) >= 11 is 19.3. The molecule has 1 N–H and O–H groups in total. The van der Waals surface area contributed by atoms with Gasteiger partial charge in [-0.05, 0) is 47.8 Å². The Balaban J connectivity index is 2.23. The SMILES string of the molecule is CCC(c1ccc(Cl)c(Cl)c1)n1c(C(=O)OC)c(-c2cccs2)[nH]c1=S. The summed E-state index contributed by atoms with van der Waals surface area (Å²) in [6.07, 6.45) is 0.706. The number of hydrogen-bond acceptors (Lipinski definition) is 4. The number of carbonyl (C=O) groups is 1. The van der Waals surface area contributed by atoms with Crippen LogP contribution in [-0.4, -0.2) is 22.6 Å². The smallest absolute Gasteiger partial charge is 0.357 e. The lowest BCUT2D eigenvalue weighted by molar-refractivity contribution is 0.0587. The highest BCUT2D eigenvalue weighted by Crippen LogP contribution is 2.34. The Kier molecular flexibility index (Phi) is 5.87. The number of H-pyrrole nitrogens is 1. The molecule has 0 saturated heterocycles. The van der Waals surface area contributed by atoms with E-state index in [1.807, 2.05) is 30.5 Å². The van der Waals surface area contributed by atoms with E-state index < -0.39 is 5.97 Å². The van der Waals surface area contributed by atoms with Gasteiger partial charge in [-0.25, -0.2) is 4.79 Å². The van der Waals surface area contributed by atoms with Crippen molar-refractivity contribution in [2.75, 3.05) is 7.11 Å². The number of hydrogen-bond donors (Lipinski definition) is 1. The molecule has 3 rings (SSSR count). The summed E-state index contributed by atoms with van der Waals surface area (Å²) in [5.41, 5.74) is 1.98. The van der Waals surface area contributed by atoms with E-state index in [0.717, 1.165) is 10.4 Å². The van der Waals surface area contributed by atoms with Gasteiger partial charge in [-0.3, -0.25) is 0 Å². The van der Waals surface area contributed by atoms with Gasteiger partial charge in [0.2, 0.25) is 0 Å². The predicted octanol–water partition coefficient (Wildman–Crippen LogP) is 6.37. The molecule has 4 nitrogen and oxygen atoms in total. The Labute approximate surface area is 170 Å². The van der Waals surface area contributed by atoms with E-state index in [2.05, 4.69) is 4.98 Å². The minimum absolute atomic E-state index is 0.184. The molecule has 0 spiro atoms. The molecule has 0 aliphatic heterocycles. The van der Waals surface area contributed by atoms with Crippen LogP contribution in [0.25, 0.3) is 10.6 Å². The lowest BCUT2D eigenvalue weighted by atomic mass is 10.0. The van der Waals surface area contributed by atoms with Crippen LogP contribution in [0.2, 0.25) is 10.0 Å². The molecule has 0 aliphatic rings. The van der Waals surface area contributed by atoms with Crippen LogP contribution in [0.4, 0.5) is 0 Å². The molecule has 1 unspecified atom stereocenters. The molecule has 0 amide bonds. The van der Waals surface area contributed by atoms with E-state index in [4.69, 9.17) is 40.2 Å². The van der Waals surface area contributed by atoms with Gasteiger partial charge >= 0.3 is 5.97 Å². The highest BCUT2D eigenvalue weighted by atomic mass is 35.5. The second-order valence-corrected chi connectivity index (χ2v) is 7.74. The van der Waals surface area contributed by atoms with E-state index >= 15 is 0 Å². The maximum Gasteiger partial charge on any atom is 0.357 e. The number of rotatable bonds is 5. The topological polar surface area (TPSA) is 47.0 Å². The summed E-state index contributed by atoms with van der Waals surface area (Å²) in [5, 5.41) is 2.89. The van der Waals surface area contributed by atoms with Gasteiger partial charge in [0.05, 0.1) is 33.8 Å². The minimum atomic E-state index is -0.445. The number of esters is 1. The first-order chi connectivity index (χ1) is 12.5. The first-order valence-corrected chi connectivity index (χ1v) is 9.94. The largest absolute Gasteiger partial charge is 0.464 e. The number of thiophene rings is 1. The summed E-state index contributed by atoms with van der Waals surface area (Å²) in [6.45, 7) is 2.02. The summed E-state index contributed by atoms with van der Waals surface area (Å²) in [7, 11) is 1.36. The highest BCUT2D eigenvalue weighted by Gasteiger charge is 2.27. The number of benzene rings is 1. The van der Waals surface area contributed by atoms with Crippen LogP contribution >= 0.6 is 46.8 Å². The third-order valence-electron chi connectivity index (χ3n) is 4.10. The van der Waals surface area contributed by atoms with Gasteiger partial charge in [0.15, 0.2) is 10.5 Å². The molecule has 0 saturated carbocycles. The fourth-order valence-electron chi connectivity index (χ4n) is 2.93. The van der Waals surface area contributed by atoms with E-state index in [1.165, 1.54) is 18.4 Å². The van der Waals surface area contributed by atoms with Crippen molar-refractivity contribution >= 4 is 52.7 Å². The quantitative estimate of drug-likeness (QED) is 0.380. The molecular weight excluding hydrogens is 411 g/mol. The van der Waals surface area contributed by atoms with Crippen LogP contribution in [0, 0.1) is 4.77 Å². The normalized spacial score (nSPS) is 12.2. The van der Waals surface area contributed by atoms with Crippen LogP contribution in [0.3, 0.4) is 0 Å². The lowest BCUT2D eigenvalue weighted by Gasteiger charge is -2.20. The summed E-state index contributed by atoms with van der Waals surface area (Å²) in [4.78, 5) is 16.7. The van der Waals surface area contributed by atoms with E-state index in [1.54, 1.807) is 16.7 Å². The molecule has 0 fully saturated rings. The van der Waals surface area contributed by atoms with Gasteiger partial charge in [-0.2, -0.15) is 0 Å². The summed E-state index contributed by atoms with van der Waals surface area (Å²) in [6, 6.07) is 9.11. The number of aromatic amines is 1. The third-order valence-corrected chi connectivity index (χ3v) is 6.03. The maximum absolute atomic E-state index is 12.6. The second-order valence-electron chi connectivity index (χ2n) is 5.59. The zero-order chi connectivity index (χ0) is 18.8. The van der Waals surface area contributed by atoms with Crippen molar-refractivity contribution < 1.29 is 9.53 Å². The van der Waals surface area contributed by atoms with Crippen molar-refractivity contribution in [1.29, 1.82) is 0 Å². The van der Waals surface area contributed by atoms with E-state index in [0.29, 0.717) is 32.6 Å². The van der Waals surface area contributed by atoms with Gasteiger partial charge in [-0.1, -0.05) is 42.3 Å². The zero-order valence-corrected chi connectivity index (χ0v) is 17.2. The number of aromatic nitrogens is 2. The summed E-state index contributed by atoms with van der Waals surface area (Å²) < 4.78 is 7.29. The van der Waals surface area contributed by atoms with Crippen molar-refractivity contribution in [2.45, 2.75) is 19.4 Å². The Morgan fingerprint density at radius 3 is 2.69 bits per heavy atom. The third kappa shape index (κ3) is 3.47. The van der Waals surface area contributed by atoms with Crippen molar-refractivity contribution in [2.24, 2.45) is 0 Å². The van der Waals surface area contributed by atoms with Gasteiger partial charge in [-0.15, -0.1) is 11.3 Å². The molecule has 136 valence electrons. The molecule has 0 bridgehead atoms. The highest BCUT2D eigenvalue weighted by molar-refractivity contribution is 7.71. The van der Waals surface area contributed by atoms with Crippen LogP contribution in [0.15, 0.2) is 35.7 Å². The summed E-state index contributed by atoms with van der Waals surface area (Å²) in [5.74, 6) is -0.445. The number of nitrogens with zero attached hydrogens (tertiary/aromatic N) is 1. The zero-order valence-electron chi connectivity index (χ0n) is 14.1. The molecule has 2 heterocycles. The molecule has 2 aromatic heterocycles. The van der Waals surface area contributed by atoms with Crippen LogP contribution in [0.1, 0.15) is 35.4 Å². The molecular formula is C18H16Cl2N2O2S2. The number of ether oxygens (including phenoxy) is 1. The fraction of sp³-hybridized carbons (Fsp3) is 0.222. The first-order valence-electron chi connectivity index (χ1n) is 7.89. The molecule has 8 heteroatoms. The first kappa shape index (κ1) is 19.2. The fourth-order valence-corrected chi connectivity index (χ4v) is 4.28. The lowest BCUT2D eigenvalue weighted by Crippen LogP contribution is -2.17. The molecule has 26 heavy (non-hydrogen) atoms. The molecule has 1 aromatic carbocycles. The van der Waals surface area contributed by atoms with Crippen molar-refractivity contribution in [3.05, 3.63) is 61.8 Å². The average molecular weight is 427 g/mol. The van der Waals surface area contributed by atoms with Gasteiger partial charge in [0, 0.05) is 0 Å². The molecule has 1 atom stereocenters. The molecule has 3 aromatic rings. The number of halogens is 2. The monoisotopic (exact) mass is 426 g/mol. The number of carbonyl (C=O) groups excluding carboxylic acids is 1. The van der Waals surface area contributed by atoms with E-state index in [9.17, 15) is 4.79 Å². The Hall–Kier alpha value is -1.60. The molecule has 0 aliphatic carbocycles. The van der Waals surface area contributed by atoms with Gasteiger partial charge in [0.1, 0.15) is 0 Å². The average Bonchev–Trinajstić information content (AvgIpc) is 3.26. The maximum atomic E-state index is 12.6. The van der Waals surface area contributed by atoms with Crippen LogP contribution in [-0.2, 0) is 4.74 Å². The minimum Gasteiger partial charge on any atom is -0.464 e.